The van der Waals surface area contributed by atoms with Gasteiger partial charge in [-0.1, -0.05) is 30.3 Å². The summed E-state index contributed by atoms with van der Waals surface area (Å²) in [5, 5.41) is 0. The Morgan fingerprint density at radius 3 is 2.74 bits per heavy atom. The minimum Gasteiger partial charge on any atom is -0.378 e. The number of hydrogen-bond acceptors (Lipinski definition) is 3. The summed E-state index contributed by atoms with van der Waals surface area (Å²) in [6, 6.07) is 10.0. The fourth-order valence-corrected chi connectivity index (χ4v) is 2.47. The molecule has 2 unspecified atom stereocenters. The summed E-state index contributed by atoms with van der Waals surface area (Å²) in [5.74, 6) is 0.156. The second kappa shape index (κ2) is 6.68. The third-order valence-electron chi connectivity index (χ3n) is 3.47. The first kappa shape index (κ1) is 14.0. The predicted octanol–water partition coefficient (Wildman–Crippen LogP) is 1.40. The lowest BCUT2D eigenvalue weighted by Gasteiger charge is -2.24. The molecule has 1 aromatic rings. The molecule has 0 bridgehead atoms. The molecule has 1 aliphatic heterocycles. The maximum absolute atomic E-state index is 12.5. The van der Waals surface area contributed by atoms with Gasteiger partial charge < -0.3 is 15.4 Å². The van der Waals surface area contributed by atoms with E-state index in [4.69, 9.17) is 10.5 Å². The molecule has 1 heterocycles. The SMILES string of the molecule is CC1CC(C(=O)N(CCN)Cc2ccccc2)CO1. The molecule has 1 fully saturated rings. The maximum atomic E-state index is 12.5. The number of amides is 1. The second-order valence-electron chi connectivity index (χ2n) is 5.11. The molecular formula is C15H22N2O2. The van der Waals surface area contributed by atoms with E-state index < -0.39 is 0 Å². The van der Waals surface area contributed by atoms with Gasteiger partial charge in [0.2, 0.25) is 5.91 Å². The van der Waals surface area contributed by atoms with E-state index in [0.717, 1.165) is 12.0 Å². The lowest BCUT2D eigenvalue weighted by molar-refractivity contribution is -0.136. The molecule has 104 valence electrons. The standard InChI is InChI=1S/C15H22N2O2/c1-12-9-14(11-19-12)15(18)17(8-7-16)10-13-5-3-2-4-6-13/h2-6,12,14H,7-11,16H2,1H3. The predicted molar refractivity (Wildman–Crippen MR) is 74.4 cm³/mol. The molecule has 0 radical (unpaired) electrons. The highest BCUT2D eigenvalue weighted by Crippen LogP contribution is 2.22. The molecule has 0 spiro atoms. The molecule has 2 N–H and O–H groups in total. The first-order valence-electron chi connectivity index (χ1n) is 6.85. The topological polar surface area (TPSA) is 55.6 Å². The average Bonchev–Trinajstić information content (AvgIpc) is 2.85. The number of carbonyl (C=O) groups is 1. The Balaban J connectivity index is 2.01. The number of carbonyl (C=O) groups excluding carboxylic acids is 1. The van der Waals surface area contributed by atoms with Crippen molar-refractivity contribution in [1.82, 2.24) is 4.90 Å². The molecule has 0 aliphatic carbocycles. The molecule has 1 saturated heterocycles. The molecule has 1 aromatic carbocycles. The molecule has 19 heavy (non-hydrogen) atoms. The van der Waals surface area contributed by atoms with Crippen LogP contribution in [-0.2, 0) is 16.1 Å². The summed E-state index contributed by atoms with van der Waals surface area (Å²) in [5.41, 5.74) is 6.76. The Morgan fingerprint density at radius 2 is 2.16 bits per heavy atom. The number of benzene rings is 1. The van der Waals surface area contributed by atoms with Crippen LogP contribution in [0.5, 0.6) is 0 Å². The summed E-state index contributed by atoms with van der Waals surface area (Å²) >= 11 is 0. The van der Waals surface area contributed by atoms with E-state index >= 15 is 0 Å². The Kier molecular flexibility index (Phi) is 4.93. The quantitative estimate of drug-likeness (QED) is 0.872. The summed E-state index contributed by atoms with van der Waals surface area (Å²) in [6.07, 6.45) is 1.000. The van der Waals surface area contributed by atoms with Crippen molar-refractivity contribution in [2.45, 2.75) is 26.0 Å². The number of nitrogens with two attached hydrogens (primary N) is 1. The Hall–Kier alpha value is -1.39. The molecule has 1 amide bonds. The van der Waals surface area contributed by atoms with Gasteiger partial charge in [0.15, 0.2) is 0 Å². The Morgan fingerprint density at radius 1 is 1.42 bits per heavy atom. The second-order valence-corrected chi connectivity index (χ2v) is 5.11. The molecule has 0 saturated carbocycles. The molecule has 2 atom stereocenters. The van der Waals surface area contributed by atoms with Crippen LogP contribution in [0.3, 0.4) is 0 Å². The van der Waals surface area contributed by atoms with Gasteiger partial charge in [0.25, 0.3) is 0 Å². The minimum absolute atomic E-state index is 0.00902. The molecule has 4 nitrogen and oxygen atoms in total. The third-order valence-corrected chi connectivity index (χ3v) is 3.47. The van der Waals surface area contributed by atoms with E-state index in [2.05, 4.69) is 0 Å². The van der Waals surface area contributed by atoms with Gasteiger partial charge in [-0.15, -0.1) is 0 Å². The summed E-state index contributed by atoms with van der Waals surface area (Å²) < 4.78 is 5.49. The van der Waals surface area contributed by atoms with Gasteiger partial charge in [0, 0.05) is 19.6 Å². The van der Waals surface area contributed by atoms with E-state index in [9.17, 15) is 4.79 Å². The number of ether oxygens (including phenoxy) is 1. The number of rotatable bonds is 5. The Labute approximate surface area is 114 Å². The van der Waals surface area contributed by atoms with E-state index in [0.29, 0.717) is 26.2 Å². The number of nitrogens with zero attached hydrogens (tertiary/aromatic N) is 1. The monoisotopic (exact) mass is 262 g/mol. The van der Waals surface area contributed by atoms with Crippen molar-refractivity contribution in [3.05, 3.63) is 35.9 Å². The fraction of sp³-hybridized carbons (Fsp3) is 0.533. The summed E-state index contributed by atoms with van der Waals surface area (Å²) in [7, 11) is 0. The van der Waals surface area contributed by atoms with Crippen molar-refractivity contribution in [1.29, 1.82) is 0 Å². The van der Waals surface area contributed by atoms with Gasteiger partial charge >= 0.3 is 0 Å². The Bertz CT molecular complexity index is 408. The largest absolute Gasteiger partial charge is 0.378 e. The molecular weight excluding hydrogens is 240 g/mol. The first-order chi connectivity index (χ1) is 9.20. The number of hydrogen-bond donors (Lipinski definition) is 1. The van der Waals surface area contributed by atoms with Crippen molar-refractivity contribution < 1.29 is 9.53 Å². The van der Waals surface area contributed by atoms with Gasteiger partial charge in [-0.3, -0.25) is 4.79 Å². The van der Waals surface area contributed by atoms with Crippen LogP contribution in [0.25, 0.3) is 0 Å². The maximum Gasteiger partial charge on any atom is 0.228 e. The van der Waals surface area contributed by atoms with Crippen LogP contribution in [0.2, 0.25) is 0 Å². The smallest absolute Gasteiger partial charge is 0.228 e. The third kappa shape index (κ3) is 3.78. The first-order valence-corrected chi connectivity index (χ1v) is 6.85. The van der Waals surface area contributed by atoms with Crippen LogP contribution in [-0.4, -0.2) is 36.6 Å². The van der Waals surface area contributed by atoms with Gasteiger partial charge in [0.1, 0.15) is 0 Å². The minimum atomic E-state index is -0.00902. The van der Waals surface area contributed by atoms with E-state index in [-0.39, 0.29) is 17.9 Å². The van der Waals surface area contributed by atoms with Gasteiger partial charge in [-0.2, -0.15) is 0 Å². The van der Waals surface area contributed by atoms with Crippen LogP contribution < -0.4 is 5.73 Å². The highest BCUT2D eigenvalue weighted by atomic mass is 16.5. The van der Waals surface area contributed by atoms with Crippen LogP contribution in [0.1, 0.15) is 18.9 Å². The van der Waals surface area contributed by atoms with Crippen LogP contribution in [0, 0.1) is 5.92 Å². The zero-order valence-corrected chi connectivity index (χ0v) is 11.4. The molecule has 4 heteroatoms. The lowest BCUT2D eigenvalue weighted by atomic mass is 10.0. The van der Waals surface area contributed by atoms with Crippen LogP contribution >= 0.6 is 0 Å². The van der Waals surface area contributed by atoms with Crippen LogP contribution in [0.15, 0.2) is 30.3 Å². The molecule has 0 aromatic heterocycles. The zero-order chi connectivity index (χ0) is 13.7. The van der Waals surface area contributed by atoms with Crippen molar-refractivity contribution in [3.8, 4) is 0 Å². The summed E-state index contributed by atoms with van der Waals surface area (Å²) in [4.78, 5) is 14.3. The lowest BCUT2D eigenvalue weighted by Crippen LogP contribution is -2.39. The van der Waals surface area contributed by atoms with E-state index in [1.165, 1.54) is 0 Å². The van der Waals surface area contributed by atoms with Gasteiger partial charge in [-0.25, -0.2) is 0 Å². The zero-order valence-electron chi connectivity index (χ0n) is 11.4. The van der Waals surface area contributed by atoms with Crippen molar-refractivity contribution in [2.24, 2.45) is 11.7 Å². The highest BCUT2D eigenvalue weighted by Gasteiger charge is 2.31. The van der Waals surface area contributed by atoms with Gasteiger partial charge in [-0.05, 0) is 18.9 Å². The van der Waals surface area contributed by atoms with Gasteiger partial charge in [0.05, 0.1) is 18.6 Å². The normalized spacial score (nSPS) is 22.4. The average molecular weight is 262 g/mol. The van der Waals surface area contributed by atoms with E-state index in [1.807, 2.05) is 42.2 Å². The van der Waals surface area contributed by atoms with Crippen molar-refractivity contribution in [2.75, 3.05) is 19.7 Å². The molecule has 2 rings (SSSR count). The highest BCUT2D eigenvalue weighted by molar-refractivity contribution is 5.79. The summed E-state index contributed by atoms with van der Waals surface area (Å²) in [6.45, 7) is 4.26. The van der Waals surface area contributed by atoms with E-state index in [1.54, 1.807) is 0 Å². The van der Waals surface area contributed by atoms with Crippen molar-refractivity contribution in [3.63, 3.8) is 0 Å². The molecule has 1 aliphatic rings. The van der Waals surface area contributed by atoms with Crippen molar-refractivity contribution >= 4 is 5.91 Å². The van der Waals surface area contributed by atoms with Crippen LogP contribution in [0.4, 0.5) is 0 Å². The fourth-order valence-electron chi connectivity index (χ4n) is 2.47.